The van der Waals surface area contributed by atoms with Crippen LogP contribution < -0.4 is 11.3 Å². The maximum absolute atomic E-state index is 13.0. The van der Waals surface area contributed by atoms with E-state index in [-0.39, 0.29) is 12.2 Å². The number of carbonyl (C=O) groups excluding carboxylic acids is 1. The number of hydrogen-bond donors (Lipinski definition) is 1. The summed E-state index contributed by atoms with van der Waals surface area (Å²) in [6.07, 6.45) is 0. The molecule has 0 unspecified atom stereocenters. The second kappa shape index (κ2) is 5.66. The van der Waals surface area contributed by atoms with Crippen molar-refractivity contribution in [3.05, 3.63) is 63.8 Å². The topological polar surface area (TPSA) is 74.3 Å². The van der Waals surface area contributed by atoms with Crippen molar-refractivity contribution in [3.63, 3.8) is 0 Å². The second-order valence-corrected chi connectivity index (χ2v) is 4.15. The van der Waals surface area contributed by atoms with Gasteiger partial charge in [-0.2, -0.15) is 0 Å². The molecule has 2 rings (SSSR count). The summed E-state index contributed by atoms with van der Waals surface area (Å²) < 4.78 is 19.3. The first-order valence-electron chi connectivity index (χ1n) is 5.84. The van der Waals surface area contributed by atoms with Crippen LogP contribution in [0.3, 0.4) is 0 Å². The van der Waals surface area contributed by atoms with Crippen LogP contribution in [0, 0.1) is 5.82 Å². The Morgan fingerprint density at radius 2 is 1.90 bits per heavy atom. The molecule has 0 aliphatic rings. The van der Waals surface area contributed by atoms with Gasteiger partial charge in [0.2, 0.25) is 0 Å². The van der Waals surface area contributed by atoms with E-state index >= 15 is 0 Å². The summed E-state index contributed by atoms with van der Waals surface area (Å²) in [5.41, 5.74) is 5.45. The molecular formula is C14H13FN2O3. The maximum atomic E-state index is 13.0. The molecule has 2 N–H and O–H groups in total. The van der Waals surface area contributed by atoms with Crippen LogP contribution >= 0.6 is 0 Å². The highest BCUT2D eigenvalue weighted by Gasteiger charge is 2.14. The number of nitrogens with zero attached hydrogens (tertiary/aromatic N) is 1. The van der Waals surface area contributed by atoms with Crippen molar-refractivity contribution in [1.82, 2.24) is 4.57 Å². The van der Waals surface area contributed by atoms with Crippen LogP contribution in [-0.4, -0.2) is 17.6 Å². The van der Waals surface area contributed by atoms with Gasteiger partial charge in [0.05, 0.1) is 12.3 Å². The smallest absolute Gasteiger partial charge is 0.268 e. The summed E-state index contributed by atoms with van der Waals surface area (Å²) in [7, 11) is 1.49. The largest absolute Gasteiger partial charge is 0.378 e. The highest BCUT2D eigenvalue weighted by Crippen LogP contribution is 2.12. The highest BCUT2D eigenvalue weighted by atomic mass is 19.1. The molecule has 0 bridgehead atoms. The molecule has 2 aromatic rings. The van der Waals surface area contributed by atoms with Crippen LogP contribution in [0.25, 0.3) is 5.69 Å². The summed E-state index contributed by atoms with van der Waals surface area (Å²) in [5.74, 6) is -1.23. The number of primary amides is 1. The van der Waals surface area contributed by atoms with Crippen molar-refractivity contribution in [2.75, 3.05) is 7.11 Å². The number of hydrogen-bond acceptors (Lipinski definition) is 3. The van der Waals surface area contributed by atoms with Gasteiger partial charge in [0.1, 0.15) is 11.4 Å². The molecule has 20 heavy (non-hydrogen) atoms. The van der Waals surface area contributed by atoms with E-state index in [2.05, 4.69) is 0 Å². The Balaban J connectivity index is 2.69. The van der Waals surface area contributed by atoms with Crippen molar-refractivity contribution in [1.29, 1.82) is 0 Å². The first-order chi connectivity index (χ1) is 9.54. The van der Waals surface area contributed by atoms with Gasteiger partial charge < -0.3 is 10.5 Å². The Labute approximate surface area is 114 Å². The molecule has 0 saturated carbocycles. The van der Waals surface area contributed by atoms with E-state index < -0.39 is 17.3 Å². The van der Waals surface area contributed by atoms with Gasteiger partial charge in [-0.15, -0.1) is 0 Å². The molecular weight excluding hydrogens is 263 g/mol. The van der Waals surface area contributed by atoms with Crippen molar-refractivity contribution >= 4 is 5.91 Å². The fourth-order valence-electron chi connectivity index (χ4n) is 1.90. The maximum Gasteiger partial charge on any atom is 0.268 e. The lowest BCUT2D eigenvalue weighted by molar-refractivity contribution is 0.0998. The summed E-state index contributed by atoms with van der Waals surface area (Å²) in [4.78, 5) is 23.6. The molecule has 6 heteroatoms. The van der Waals surface area contributed by atoms with Gasteiger partial charge >= 0.3 is 0 Å². The molecule has 1 aromatic carbocycles. The summed E-state index contributed by atoms with van der Waals surface area (Å²) in [6.45, 7) is 0.172. The van der Waals surface area contributed by atoms with Gasteiger partial charge in [-0.05, 0) is 36.4 Å². The molecule has 104 valence electrons. The van der Waals surface area contributed by atoms with Crippen molar-refractivity contribution in [3.8, 4) is 5.69 Å². The molecule has 0 aliphatic carbocycles. The van der Waals surface area contributed by atoms with Crippen molar-refractivity contribution in [2.45, 2.75) is 6.61 Å². The number of ether oxygens (including phenoxy) is 1. The Kier molecular flexibility index (Phi) is 3.95. The number of aromatic nitrogens is 1. The molecule has 0 radical (unpaired) electrons. The molecule has 0 saturated heterocycles. The SMILES string of the molecule is COCc1ccc(C(N)=O)c(=O)n1-c1ccc(F)cc1. The Morgan fingerprint density at radius 1 is 1.25 bits per heavy atom. The van der Waals surface area contributed by atoms with Crippen LogP contribution in [0.2, 0.25) is 0 Å². The predicted molar refractivity (Wildman–Crippen MR) is 71.2 cm³/mol. The van der Waals surface area contributed by atoms with E-state index in [9.17, 15) is 14.0 Å². The standard InChI is InChI=1S/C14H13FN2O3/c1-20-8-11-6-7-12(13(16)18)14(19)17(11)10-4-2-9(15)3-5-10/h2-7H,8H2,1H3,(H2,16,18). The van der Waals surface area contributed by atoms with Gasteiger partial charge in [-0.1, -0.05) is 0 Å². The summed E-state index contributed by atoms with van der Waals surface area (Å²) in [5, 5.41) is 0. The zero-order chi connectivity index (χ0) is 14.7. The Bertz CT molecular complexity index is 693. The van der Waals surface area contributed by atoms with Crippen molar-refractivity contribution < 1.29 is 13.9 Å². The third-order valence-corrected chi connectivity index (χ3v) is 2.81. The molecule has 0 atom stereocenters. The number of pyridine rings is 1. The molecule has 0 fully saturated rings. The van der Waals surface area contributed by atoms with Crippen LogP contribution in [0.1, 0.15) is 16.1 Å². The average molecular weight is 276 g/mol. The number of carbonyl (C=O) groups is 1. The Morgan fingerprint density at radius 3 is 2.45 bits per heavy atom. The van der Waals surface area contributed by atoms with Gasteiger partial charge in [0.15, 0.2) is 0 Å². The number of halogens is 1. The third-order valence-electron chi connectivity index (χ3n) is 2.81. The minimum absolute atomic E-state index is 0.130. The normalized spacial score (nSPS) is 10.5. The van der Waals surface area contributed by atoms with E-state index in [1.807, 2.05) is 0 Å². The summed E-state index contributed by atoms with van der Waals surface area (Å²) in [6, 6.07) is 8.29. The van der Waals surface area contributed by atoms with Crippen LogP contribution in [-0.2, 0) is 11.3 Å². The minimum Gasteiger partial charge on any atom is -0.378 e. The predicted octanol–water partition coefficient (Wildman–Crippen LogP) is 1.22. The third kappa shape index (κ3) is 2.60. The fraction of sp³-hybridized carbons (Fsp3) is 0.143. The lowest BCUT2D eigenvalue weighted by Gasteiger charge is -2.13. The molecule has 0 aliphatic heterocycles. The molecule has 5 nitrogen and oxygen atoms in total. The zero-order valence-corrected chi connectivity index (χ0v) is 10.8. The quantitative estimate of drug-likeness (QED) is 0.912. The van der Waals surface area contributed by atoms with E-state index in [1.165, 1.54) is 42.0 Å². The van der Waals surface area contributed by atoms with E-state index in [4.69, 9.17) is 10.5 Å². The number of methoxy groups -OCH3 is 1. The van der Waals surface area contributed by atoms with Crippen LogP contribution in [0.5, 0.6) is 0 Å². The van der Waals surface area contributed by atoms with Gasteiger partial charge in [-0.3, -0.25) is 14.2 Å². The zero-order valence-electron chi connectivity index (χ0n) is 10.8. The number of rotatable bonds is 4. The lowest BCUT2D eigenvalue weighted by Crippen LogP contribution is -2.30. The van der Waals surface area contributed by atoms with Gasteiger partial charge in [-0.25, -0.2) is 4.39 Å². The highest BCUT2D eigenvalue weighted by molar-refractivity contribution is 5.92. The van der Waals surface area contributed by atoms with Gasteiger partial charge in [0, 0.05) is 12.8 Å². The monoisotopic (exact) mass is 276 g/mol. The number of amides is 1. The second-order valence-electron chi connectivity index (χ2n) is 4.15. The average Bonchev–Trinajstić information content (AvgIpc) is 2.40. The van der Waals surface area contributed by atoms with E-state index in [0.29, 0.717) is 11.4 Å². The molecule has 1 amide bonds. The Hall–Kier alpha value is -2.47. The van der Waals surface area contributed by atoms with E-state index in [1.54, 1.807) is 6.07 Å². The van der Waals surface area contributed by atoms with Gasteiger partial charge in [0.25, 0.3) is 11.5 Å². The fourth-order valence-corrected chi connectivity index (χ4v) is 1.90. The van der Waals surface area contributed by atoms with Crippen LogP contribution in [0.4, 0.5) is 4.39 Å². The van der Waals surface area contributed by atoms with Crippen molar-refractivity contribution in [2.24, 2.45) is 5.73 Å². The number of benzene rings is 1. The molecule has 0 spiro atoms. The first kappa shape index (κ1) is 14.0. The first-order valence-corrected chi connectivity index (χ1v) is 5.84. The van der Waals surface area contributed by atoms with Crippen LogP contribution in [0.15, 0.2) is 41.2 Å². The number of nitrogens with two attached hydrogens (primary N) is 1. The summed E-state index contributed by atoms with van der Waals surface area (Å²) >= 11 is 0. The van der Waals surface area contributed by atoms with E-state index in [0.717, 1.165) is 0 Å². The molecule has 1 aromatic heterocycles. The lowest BCUT2D eigenvalue weighted by atomic mass is 10.2. The minimum atomic E-state index is -0.810. The molecule has 1 heterocycles.